The van der Waals surface area contributed by atoms with E-state index in [4.69, 9.17) is 5.11 Å². The minimum Gasteiger partial charge on any atom is -0.480 e. The van der Waals surface area contributed by atoms with Crippen LogP contribution in [-0.2, 0) is 34.0 Å². The molecule has 34 heavy (non-hydrogen) atoms. The fraction of sp³-hybridized carbons (Fsp3) is 0.545. The van der Waals surface area contributed by atoms with Gasteiger partial charge in [0.15, 0.2) is 0 Å². The van der Waals surface area contributed by atoms with Crippen molar-refractivity contribution in [2.24, 2.45) is 0 Å². The van der Waals surface area contributed by atoms with E-state index in [2.05, 4.69) is 5.10 Å². The van der Waals surface area contributed by atoms with E-state index in [1.54, 1.807) is 0 Å². The number of nitrogens with zero attached hydrogens (tertiary/aromatic N) is 3. The zero-order chi connectivity index (χ0) is 24.7. The Hall–Kier alpha value is -2.05. The molecule has 0 aliphatic heterocycles. The van der Waals surface area contributed by atoms with Gasteiger partial charge in [0.25, 0.3) is 0 Å². The Bertz CT molecular complexity index is 1170. The van der Waals surface area contributed by atoms with Crippen LogP contribution in [0.4, 0.5) is 13.2 Å². The second kappa shape index (κ2) is 9.54. The fourth-order valence-corrected chi connectivity index (χ4v) is 7.58. The largest absolute Gasteiger partial charge is 0.480 e. The number of carboxylic acid groups (broad SMARTS) is 1. The number of alkyl halides is 3. The van der Waals surface area contributed by atoms with E-state index < -0.39 is 38.7 Å². The normalized spacial score (nSPS) is 19.5. The molecule has 2 aliphatic rings. The van der Waals surface area contributed by atoms with Gasteiger partial charge in [0.2, 0.25) is 10.0 Å². The minimum atomic E-state index is -4.68. The number of carbonyl (C=O) groups is 1. The Kier molecular flexibility index (Phi) is 7.03. The van der Waals surface area contributed by atoms with E-state index >= 15 is 0 Å². The molecule has 1 saturated carbocycles. The van der Waals surface area contributed by atoms with Crippen LogP contribution in [0.5, 0.6) is 0 Å². The zero-order valence-electron chi connectivity index (χ0n) is 18.6. The van der Waals surface area contributed by atoms with E-state index in [-0.39, 0.29) is 11.8 Å². The zero-order valence-corrected chi connectivity index (χ0v) is 20.2. The molecule has 0 saturated heterocycles. The monoisotopic (exact) mass is 517 g/mol. The molecule has 1 fully saturated rings. The first-order valence-electron chi connectivity index (χ1n) is 11.1. The molecular formula is C22H26F3N3O4S2. The molecule has 0 bridgehead atoms. The summed E-state index contributed by atoms with van der Waals surface area (Å²) in [6.07, 6.45) is 2.24. The Morgan fingerprint density at radius 1 is 1.21 bits per heavy atom. The topological polar surface area (TPSA) is 92.5 Å². The average Bonchev–Trinajstić information content (AvgIpc) is 3.42. The molecule has 7 nitrogen and oxygen atoms in total. The predicted molar refractivity (Wildman–Crippen MR) is 120 cm³/mol. The SMILES string of the molecule is CN([C@@H]1CCCc2c1cnn2CC(=O)O)S(=O)(=O)c1cc(SC2CCCC2)cc(C(F)(F)F)c1. The van der Waals surface area contributed by atoms with Gasteiger partial charge in [0.05, 0.1) is 22.7 Å². The highest BCUT2D eigenvalue weighted by molar-refractivity contribution is 8.00. The highest BCUT2D eigenvalue weighted by Gasteiger charge is 2.37. The van der Waals surface area contributed by atoms with Crippen LogP contribution in [0.2, 0.25) is 0 Å². The third kappa shape index (κ3) is 5.13. The van der Waals surface area contributed by atoms with Crippen LogP contribution in [-0.4, -0.2) is 45.9 Å². The maximum atomic E-state index is 13.6. The third-order valence-electron chi connectivity index (χ3n) is 6.44. The van der Waals surface area contributed by atoms with Crippen LogP contribution >= 0.6 is 11.8 Å². The third-order valence-corrected chi connectivity index (χ3v) is 9.60. The molecule has 4 rings (SSSR count). The van der Waals surface area contributed by atoms with Crippen molar-refractivity contribution in [2.75, 3.05) is 7.05 Å². The van der Waals surface area contributed by atoms with Crippen molar-refractivity contribution >= 4 is 27.8 Å². The molecule has 12 heteroatoms. The maximum absolute atomic E-state index is 13.6. The summed E-state index contributed by atoms with van der Waals surface area (Å²) in [5.74, 6) is -1.06. The Morgan fingerprint density at radius 3 is 2.56 bits per heavy atom. The highest BCUT2D eigenvalue weighted by atomic mass is 32.2. The summed E-state index contributed by atoms with van der Waals surface area (Å²) >= 11 is 1.30. The predicted octanol–water partition coefficient (Wildman–Crippen LogP) is 4.72. The number of thioether (sulfide) groups is 1. The summed E-state index contributed by atoms with van der Waals surface area (Å²) < 4.78 is 70.4. The molecule has 0 unspecified atom stereocenters. The summed E-state index contributed by atoms with van der Waals surface area (Å²) in [6, 6.07) is 2.41. The minimum absolute atomic E-state index is 0.178. The molecule has 2 aliphatic carbocycles. The van der Waals surface area contributed by atoms with Crippen LogP contribution in [0.15, 0.2) is 34.2 Å². The lowest BCUT2D eigenvalue weighted by atomic mass is 9.93. The smallest absolute Gasteiger partial charge is 0.416 e. The lowest BCUT2D eigenvalue weighted by Crippen LogP contribution is -2.33. The van der Waals surface area contributed by atoms with Gasteiger partial charge in [-0.15, -0.1) is 11.8 Å². The van der Waals surface area contributed by atoms with E-state index in [1.165, 1.54) is 35.8 Å². The summed E-state index contributed by atoms with van der Waals surface area (Å²) in [6.45, 7) is -0.339. The molecule has 2 aromatic rings. The molecule has 1 aromatic heterocycles. The van der Waals surface area contributed by atoms with Gasteiger partial charge >= 0.3 is 12.1 Å². The quantitative estimate of drug-likeness (QED) is 0.572. The number of fused-ring (bicyclic) bond motifs is 1. The lowest BCUT2D eigenvalue weighted by molar-refractivity contribution is -0.138. The van der Waals surface area contributed by atoms with E-state index in [1.807, 2.05) is 0 Å². The lowest BCUT2D eigenvalue weighted by Gasteiger charge is -2.31. The molecule has 1 aromatic carbocycles. The van der Waals surface area contributed by atoms with Gasteiger partial charge in [-0.1, -0.05) is 12.8 Å². The van der Waals surface area contributed by atoms with Gasteiger partial charge in [-0.05, 0) is 50.3 Å². The Balaban J connectivity index is 1.69. The van der Waals surface area contributed by atoms with Crippen LogP contribution in [0.1, 0.15) is 61.4 Å². The summed E-state index contributed by atoms with van der Waals surface area (Å²) in [4.78, 5) is 11.0. The summed E-state index contributed by atoms with van der Waals surface area (Å²) in [5.41, 5.74) is 0.245. The van der Waals surface area contributed by atoms with Gasteiger partial charge in [-0.3, -0.25) is 9.48 Å². The first kappa shape index (κ1) is 25.1. The van der Waals surface area contributed by atoms with Crippen molar-refractivity contribution in [3.8, 4) is 0 Å². The van der Waals surface area contributed by atoms with Crippen molar-refractivity contribution in [2.45, 2.75) is 78.7 Å². The van der Waals surface area contributed by atoms with Crippen molar-refractivity contribution in [3.63, 3.8) is 0 Å². The molecular weight excluding hydrogens is 491 g/mol. The van der Waals surface area contributed by atoms with Crippen LogP contribution in [0.25, 0.3) is 0 Å². The van der Waals surface area contributed by atoms with Crippen LogP contribution < -0.4 is 0 Å². The number of halogens is 3. The second-order valence-corrected chi connectivity index (χ2v) is 12.1. The molecule has 0 radical (unpaired) electrons. The van der Waals surface area contributed by atoms with Crippen LogP contribution in [0, 0.1) is 0 Å². The summed E-state index contributed by atoms with van der Waals surface area (Å²) in [7, 11) is -2.91. The van der Waals surface area contributed by atoms with Gasteiger partial charge in [-0.25, -0.2) is 8.42 Å². The first-order valence-corrected chi connectivity index (χ1v) is 13.4. The number of aromatic nitrogens is 2. The van der Waals surface area contributed by atoms with E-state index in [0.29, 0.717) is 41.5 Å². The van der Waals surface area contributed by atoms with Crippen molar-refractivity contribution in [1.29, 1.82) is 0 Å². The van der Waals surface area contributed by atoms with Gasteiger partial charge < -0.3 is 5.11 Å². The number of hydrogen-bond donors (Lipinski definition) is 1. The number of hydrogen-bond acceptors (Lipinski definition) is 5. The molecule has 0 amide bonds. The fourth-order valence-electron chi connectivity index (χ4n) is 4.72. The summed E-state index contributed by atoms with van der Waals surface area (Å²) in [5, 5.41) is 13.4. The average molecular weight is 518 g/mol. The maximum Gasteiger partial charge on any atom is 0.416 e. The van der Waals surface area contributed by atoms with E-state index in [9.17, 15) is 26.4 Å². The molecule has 186 valence electrons. The highest BCUT2D eigenvalue weighted by Crippen LogP contribution is 2.41. The van der Waals surface area contributed by atoms with Crippen LogP contribution in [0.3, 0.4) is 0 Å². The Labute approximate surface area is 200 Å². The van der Waals surface area contributed by atoms with Gasteiger partial charge in [-0.2, -0.15) is 22.6 Å². The molecule has 1 atom stereocenters. The van der Waals surface area contributed by atoms with Gasteiger partial charge in [0.1, 0.15) is 6.54 Å². The number of sulfonamides is 1. The Morgan fingerprint density at radius 2 is 1.91 bits per heavy atom. The number of aliphatic carboxylic acids is 1. The number of benzene rings is 1. The standard InChI is InChI=1S/C22H26F3N3O4S2/c1-27(19-7-4-8-20-18(19)12-26-28(20)13-21(29)30)34(31,32)17-10-14(22(23,24)25)9-16(11-17)33-15-5-2-3-6-15/h9-12,15,19H,2-8,13H2,1H3,(H,29,30)/t19-/m1/s1. The molecule has 1 N–H and O–H groups in total. The van der Waals surface area contributed by atoms with E-state index in [0.717, 1.165) is 36.1 Å². The van der Waals surface area contributed by atoms with Crippen molar-refractivity contribution in [3.05, 3.63) is 41.2 Å². The van der Waals surface area contributed by atoms with Crippen molar-refractivity contribution < 1.29 is 31.5 Å². The molecule has 1 heterocycles. The first-order chi connectivity index (χ1) is 16.0. The van der Waals surface area contributed by atoms with Gasteiger partial charge in [0, 0.05) is 28.5 Å². The second-order valence-electron chi connectivity index (χ2n) is 8.74. The molecule has 0 spiro atoms. The number of carboxylic acids is 1. The van der Waals surface area contributed by atoms with Crippen molar-refractivity contribution in [1.82, 2.24) is 14.1 Å². The number of rotatable bonds is 7.